The third-order valence-corrected chi connectivity index (χ3v) is 4.13. The number of likely N-dealkylation sites (tertiary alicyclic amines) is 1. The number of halogens is 2. The van der Waals surface area contributed by atoms with Crippen LogP contribution >= 0.6 is 36.2 Å². The van der Waals surface area contributed by atoms with Gasteiger partial charge < -0.3 is 10.6 Å². The molecule has 2 heterocycles. The molecule has 1 aromatic heterocycles. The van der Waals surface area contributed by atoms with E-state index in [4.69, 9.17) is 5.73 Å². The Bertz CT molecular complexity index is 426. The van der Waals surface area contributed by atoms with E-state index in [1.54, 1.807) is 11.3 Å². The van der Waals surface area contributed by atoms with E-state index in [-0.39, 0.29) is 30.7 Å². The summed E-state index contributed by atoms with van der Waals surface area (Å²) in [4.78, 5) is 18.6. The van der Waals surface area contributed by atoms with Crippen molar-refractivity contribution in [1.82, 2.24) is 9.88 Å². The third-order valence-electron chi connectivity index (χ3n) is 3.26. The zero-order valence-corrected chi connectivity index (χ0v) is 14.3. The lowest BCUT2D eigenvalue weighted by molar-refractivity contribution is 0.0782. The van der Waals surface area contributed by atoms with Crippen LogP contribution in [0.2, 0.25) is 0 Å². The van der Waals surface area contributed by atoms with Crippen molar-refractivity contribution < 1.29 is 4.79 Å². The van der Waals surface area contributed by atoms with Crippen LogP contribution in [0.3, 0.4) is 0 Å². The van der Waals surface area contributed by atoms with Gasteiger partial charge in [0, 0.05) is 24.9 Å². The largest absolute Gasteiger partial charge is 0.337 e. The highest BCUT2D eigenvalue weighted by Gasteiger charge is 2.27. The standard InChI is InChI=1S/C13H21N3OS.2ClH/c1-9(2)5-12-15-11(8-18-12)13(17)16-4-3-10(6-14)7-16;;/h8-10H,3-7,14H2,1-2H3;2*1H. The number of thiazole rings is 1. The Hall–Kier alpha value is -0.360. The van der Waals surface area contributed by atoms with Gasteiger partial charge in [0.05, 0.1) is 5.01 Å². The first kappa shape index (κ1) is 19.6. The molecular formula is C13H23Cl2N3OS. The van der Waals surface area contributed by atoms with Gasteiger partial charge in [-0.15, -0.1) is 36.2 Å². The molecule has 0 saturated carbocycles. The van der Waals surface area contributed by atoms with Crippen LogP contribution < -0.4 is 5.73 Å². The molecule has 2 rings (SSSR count). The van der Waals surface area contributed by atoms with Crippen LogP contribution in [0.25, 0.3) is 0 Å². The summed E-state index contributed by atoms with van der Waals surface area (Å²) in [5.74, 6) is 1.10. The minimum atomic E-state index is 0. The normalized spacial score (nSPS) is 17.8. The molecule has 2 N–H and O–H groups in total. The molecule has 7 heteroatoms. The minimum Gasteiger partial charge on any atom is -0.337 e. The highest BCUT2D eigenvalue weighted by molar-refractivity contribution is 7.09. The molecule has 1 aromatic rings. The first-order valence-electron chi connectivity index (χ1n) is 6.54. The van der Waals surface area contributed by atoms with Gasteiger partial charge in [-0.05, 0) is 24.8 Å². The molecule has 0 spiro atoms. The summed E-state index contributed by atoms with van der Waals surface area (Å²) in [6.45, 7) is 6.59. The van der Waals surface area contributed by atoms with Crippen LogP contribution in [0.4, 0.5) is 0 Å². The van der Waals surface area contributed by atoms with Gasteiger partial charge in [-0.3, -0.25) is 4.79 Å². The molecule has 1 atom stereocenters. The molecule has 0 bridgehead atoms. The Labute approximate surface area is 137 Å². The first-order chi connectivity index (χ1) is 8.60. The smallest absolute Gasteiger partial charge is 0.273 e. The molecule has 1 aliphatic heterocycles. The van der Waals surface area contributed by atoms with Crippen molar-refractivity contribution in [2.75, 3.05) is 19.6 Å². The molecule has 1 amide bonds. The zero-order chi connectivity index (χ0) is 13.1. The van der Waals surface area contributed by atoms with Crippen LogP contribution in [-0.4, -0.2) is 35.4 Å². The summed E-state index contributed by atoms with van der Waals surface area (Å²) in [6, 6.07) is 0. The van der Waals surface area contributed by atoms with Crippen LogP contribution in [0, 0.1) is 11.8 Å². The van der Waals surface area contributed by atoms with Crippen molar-refractivity contribution in [3.05, 3.63) is 16.1 Å². The van der Waals surface area contributed by atoms with Crippen LogP contribution in [0.5, 0.6) is 0 Å². The second kappa shape index (κ2) is 8.82. The minimum absolute atomic E-state index is 0. The highest BCUT2D eigenvalue weighted by atomic mass is 35.5. The molecule has 1 unspecified atom stereocenters. The van der Waals surface area contributed by atoms with Gasteiger partial charge in [0.1, 0.15) is 5.69 Å². The van der Waals surface area contributed by atoms with Gasteiger partial charge in [-0.25, -0.2) is 4.98 Å². The number of nitrogens with zero attached hydrogens (tertiary/aromatic N) is 2. The molecule has 20 heavy (non-hydrogen) atoms. The lowest BCUT2D eigenvalue weighted by atomic mass is 10.1. The number of hydrogen-bond donors (Lipinski definition) is 1. The zero-order valence-electron chi connectivity index (χ0n) is 11.9. The van der Waals surface area contributed by atoms with E-state index >= 15 is 0 Å². The SMILES string of the molecule is CC(C)Cc1nc(C(=O)N2CCC(CN)C2)cs1.Cl.Cl. The maximum atomic E-state index is 12.2. The second-order valence-electron chi connectivity index (χ2n) is 5.37. The first-order valence-corrected chi connectivity index (χ1v) is 7.42. The Morgan fingerprint density at radius 2 is 2.25 bits per heavy atom. The number of aromatic nitrogens is 1. The van der Waals surface area contributed by atoms with E-state index in [1.807, 2.05) is 10.3 Å². The van der Waals surface area contributed by atoms with Crippen LogP contribution in [0.15, 0.2) is 5.38 Å². The average Bonchev–Trinajstić information content (AvgIpc) is 2.95. The van der Waals surface area contributed by atoms with Crippen LogP contribution in [0.1, 0.15) is 35.8 Å². The molecule has 1 fully saturated rings. The fourth-order valence-corrected chi connectivity index (χ4v) is 3.21. The Balaban J connectivity index is 0.00000180. The van der Waals surface area contributed by atoms with Crippen LogP contribution in [-0.2, 0) is 6.42 Å². The second-order valence-corrected chi connectivity index (χ2v) is 6.31. The topological polar surface area (TPSA) is 59.2 Å². The molecule has 116 valence electrons. The van der Waals surface area contributed by atoms with E-state index in [1.165, 1.54) is 0 Å². The molecule has 1 aliphatic rings. The number of hydrogen-bond acceptors (Lipinski definition) is 4. The van der Waals surface area contributed by atoms with Crippen molar-refractivity contribution in [2.24, 2.45) is 17.6 Å². The lowest BCUT2D eigenvalue weighted by Crippen LogP contribution is -2.30. The van der Waals surface area contributed by atoms with E-state index in [0.29, 0.717) is 24.1 Å². The molecular weight excluding hydrogens is 317 g/mol. The van der Waals surface area contributed by atoms with Crippen molar-refractivity contribution in [3.8, 4) is 0 Å². The monoisotopic (exact) mass is 339 g/mol. The third kappa shape index (κ3) is 4.88. The highest BCUT2D eigenvalue weighted by Crippen LogP contribution is 2.20. The van der Waals surface area contributed by atoms with E-state index < -0.39 is 0 Å². The van der Waals surface area contributed by atoms with Crippen molar-refractivity contribution in [1.29, 1.82) is 0 Å². The Morgan fingerprint density at radius 1 is 1.55 bits per heavy atom. The van der Waals surface area contributed by atoms with Gasteiger partial charge in [0.25, 0.3) is 5.91 Å². The molecule has 4 nitrogen and oxygen atoms in total. The lowest BCUT2D eigenvalue weighted by Gasteiger charge is -2.14. The predicted octanol–water partition coefficient (Wildman–Crippen LogP) is 2.61. The summed E-state index contributed by atoms with van der Waals surface area (Å²) >= 11 is 1.59. The summed E-state index contributed by atoms with van der Waals surface area (Å²) in [5.41, 5.74) is 6.25. The number of carbonyl (C=O) groups is 1. The predicted molar refractivity (Wildman–Crippen MR) is 88.2 cm³/mol. The summed E-state index contributed by atoms with van der Waals surface area (Å²) in [5, 5.41) is 2.94. The number of nitrogens with two attached hydrogens (primary N) is 1. The molecule has 1 saturated heterocycles. The maximum absolute atomic E-state index is 12.2. The average molecular weight is 340 g/mol. The summed E-state index contributed by atoms with van der Waals surface area (Å²) in [7, 11) is 0. The molecule has 0 aliphatic carbocycles. The van der Waals surface area contributed by atoms with Gasteiger partial charge in [-0.2, -0.15) is 0 Å². The van der Waals surface area contributed by atoms with Gasteiger partial charge in [0.15, 0.2) is 0 Å². The van der Waals surface area contributed by atoms with Gasteiger partial charge in [0.2, 0.25) is 0 Å². The van der Waals surface area contributed by atoms with E-state index in [0.717, 1.165) is 30.9 Å². The maximum Gasteiger partial charge on any atom is 0.273 e. The summed E-state index contributed by atoms with van der Waals surface area (Å²) in [6.07, 6.45) is 1.97. The number of amides is 1. The van der Waals surface area contributed by atoms with Crippen molar-refractivity contribution in [2.45, 2.75) is 26.7 Å². The fraction of sp³-hybridized carbons (Fsp3) is 0.692. The Kier molecular flexibility index (Phi) is 8.66. The molecule has 0 radical (unpaired) electrons. The molecule has 0 aromatic carbocycles. The quantitative estimate of drug-likeness (QED) is 0.917. The van der Waals surface area contributed by atoms with E-state index in [2.05, 4.69) is 18.8 Å². The van der Waals surface area contributed by atoms with Crippen molar-refractivity contribution >= 4 is 42.1 Å². The fourth-order valence-electron chi connectivity index (χ4n) is 2.22. The number of carbonyl (C=O) groups excluding carboxylic acids is 1. The van der Waals surface area contributed by atoms with E-state index in [9.17, 15) is 4.79 Å². The summed E-state index contributed by atoms with van der Waals surface area (Å²) < 4.78 is 0. The Morgan fingerprint density at radius 3 is 2.80 bits per heavy atom. The number of rotatable bonds is 4. The van der Waals surface area contributed by atoms with Gasteiger partial charge in [-0.1, -0.05) is 13.8 Å². The van der Waals surface area contributed by atoms with Gasteiger partial charge >= 0.3 is 0 Å². The van der Waals surface area contributed by atoms with Crippen molar-refractivity contribution in [3.63, 3.8) is 0 Å².